The summed E-state index contributed by atoms with van der Waals surface area (Å²) in [5.74, 6) is 1.24. The molecule has 0 unspecified atom stereocenters. The second-order valence-corrected chi connectivity index (χ2v) is 8.72. The van der Waals surface area contributed by atoms with Gasteiger partial charge in [0.2, 0.25) is 0 Å². The third-order valence-corrected chi connectivity index (χ3v) is 7.12. The first kappa shape index (κ1) is 17.9. The van der Waals surface area contributed by atoms with Gasteiger partial charge in [0.05, 0.1) is 11.2 Å². The molecule has 5 rings (SSSR count). The number of anilines is 2. The van der Waals surface area contributed by atoms with Crippen LogP contribution in [0.25, 0.3) is 11.2 Å². The van der Waals surface area contributed by atoms with Crippen LogP contribution in [0.5, 0.6) is 0 Å². The highest BCUT2D eigenvalue weighted by atomic mass is 35.5. The summed E-state index contributed by atoms with van der Waals surface area (Å²) in [5.41, 5.74) is 7.58. The minimum Gasteiger partial charge on any atom is -0.382 e. The lowest BCUT2D eigenvalue weighted by atomic mass is 9.79. The summed E-state index contributed by atoms with van der Waals surface area (Å²) in [6.45, 7) is 3.17. The quantitative estimate of drug-likeness (QED) is 0.676. The zero-order chi connectivity index (χ0) is 19.1. The number of nitrogens with one attached hydrogen (secondary N) is 1. The van der Waals surface area contributed by atoms with Crippen molar-refractivity contribution in [2.24, 2.45) is 0 Å². The van der Waals surface area contributed by atoms with Crippen LogP contribution >= 0.6 is 23.4 Å². The predicted molar refractivity (Wildman–Crippen MR) is 112 cm³/mol. The fourth-order valence-electron chi connectivity index (χ4n) is 3.79. The number of piperidine rings is 1. The van der Waals surface area contributed by atoms with Crippen LogP contribution in [-0.4, -0.2) is 45.1 Å². The standard InChI is InChI=1S/C19H20ClN7S/c20-16-13(3-7-22-17(16)21)28-15-2-1-12-18(26-15)23-11-14(25-12)27-9-5-19(6-10-27)4-8-24-19/h1-3,7,11,24H,4-6,8-10H2,(H2,21,22). The normalized spacial score (nSPS) is 18.4. The maximum absolute atomic E-state index is 6.23. The number of pyridine rings is 2. The number of hydrogen-bond donors (Lipinski definition) is 2. The molecular formula is C19H20ClN7S. The number of aromatic nitrogens is 4. The molecule has 2 aliphatic rings. The summed E-state index contributed by atoms with van der Waals surface area (Å²) in [6, 6.07) is 5.71. The van der Waals surface area contributed by atoms with Crippen molar-refractivity contribution in [3.63, 3.8) is 0 Å². The molecule has 9 heteroatoms. The molecule has 5 heterocycles. The van der Waals surface area contributed by atoms with E-state index in [4.69, 9.17) is 22.3 Å². The molecule has 0 radical (unpaired) electrons. The minimum absolute atomic E-state index is 0.317. The second-order valence-electron chi connectivity index (χ2n) is 7.27. The molecule has 144 valence electrons. The number of nitrogens with two attached hydrogens (primary N) is 1. The van der Waals surface area contributed by atoms with Crippen molar-refractivity contribution in [1.29, 1.82) is 0 Å². The van der Waals surface area contributed by atoms with Gasteiger partial charge in [-0.3, -0.25) is 0 Å². The van der Waals surface area contributed by atoms with Crippen LogP contribution in [0.2, 0.25) is 5.02 Å². The zero-order valence-corrected chi connectivity index (χ0v) is 16.8. The van der Waals surface area contributed by atoms with Crippen molar-refractivity contribution in [2.75, 3.05) is 30.3 Å². The molecule has 3 aromatic heterocycles. The van der Waals surface area contributed by atoms with Crippen LogP contribution in [-0.2, 0) is 0 Å². The van der Waals surface area contributed by atoms with Gasteiger partial charge in [-0.15, -0.1) is 0 Å². The first-order chi connectivity index (χ1) is 13.6. The Bertz CT molecular complexity index is 1030. The summed E-state index contributed by atoms with van der Waals surface area (Å²) in [4.78, 5) is 21.1. The van der Waals surface area contributed by atoms with Gasteiger partial charge in [-0.2, -0.15) is 0 Å². The molecule has 2 saturated heterocycles. The number of hydrogen-bond acceptors (Lipinski definition) is 8. The van der Waals surface area contributed by atoms with Crippen LogP contribution in [0.1, 0.15) is 19.3 Å². The molecule has 0 aromatic carbocycles. The van der Waals surface area contributed by atoms with E-state index in [1.807, 2.05) is 24.4 Å². The van der Waals surface area contributed by atoms with Gasteiger partial charge in [0.25, 0.3) is 0 Å². The molecule has 7 nitrogen and oxygen atoms in total. The SMILES string of the molecule is Nc1nccc(Sc2ccc3nc(N4CCC5(CCN5)CC4)cnc3n2)c1Cl. The van der Waals surface area contributed by atoms with Crippen LogP contribution in [0.15, 0.2) is 40.5 Å². The fourth-order valence-corrected chi connectivity index (χ4v) is 4.83. The van der Waals surface area contributed by atoms with E-state index in [0.717, 1.165) is 53.7 Å². The van der Waals surface area contributed by atoms with Crippen LogP contribution < -0.4 is 16.0 Å². The Morgan fingerprint density at radius 2 is 1.93 bits per heavy atom. The molecule has 0 aliphatic carbocycles. The maximum atomic E-state index is 6.23. The molecule has 0 bridgehead atoms. The highest BCUT2D eigenvalue weighted by molar-refractivity contribution is 7.99. The van der Waals surface area contributed by atoms with Crippen LogP contribution in [0.3, 0.4) is 0 Å². The zero-order valence-electron chi connectivity index (χ0n) is 15.2. The fraction of sp³-hybridized carbons (Fsp3) is 0.368. The molecule has 3 N–H and O–H groups in total. The monoisotopic (exact) mass is 413 g/mol. The van der Waals surface area contributed by atoms with Gasteiger partial charge in [0, 0.05) is 29.7 Å². The van der Waals surface area contributed by atoms with Gasteiger partial charge in [-0.1, -0.05) is 23.4 Å². The highest BCUT2D eigenvalue weighted by Crippen LogP contribution is 2.35. The number of halogens is 1. The number of nitrogen functional groups attached to an aromatic ring is 1. The lowest BCUT2D eigenvalue weighted by Gasteiger charge is -2.49. The average Bonchev–Trinajstić information content (AvgIpc) is 2.70. The molecule has 2 aliphatic heterocycles. The Hall–Kier alpha value is -2.16. The van der Waals surface area contributed by atoms with E-state index in [9.17, 15) is 0 Å². The van der Waals surface area contributed by atoms with Crippen molar-refractivity contribution >= 4 is 46.2 Å². The summed E-state index contributed by atoms with van der Waals surface area (Å²) in [7, 11) is 0. The van der Waals surface area contributed by atoms with Crippen molar-refractivity contribution in [3.05, 3.63) is 35.6 Å². The molecule has 3 aromatic rings. The molecule has 1 spiro atoms. The lowest BCUT2D eigenvalue weighted by Crippen LogP contribution is -2.62. The van der Waals surface area contributed by atoms with E-state index in [1.54, 1.807) is 6.20 Å². The third-order valence-electron chi connectivity index (χ3n) is 5.61. The van der Waals surface area contributed by atoms with E-state index in [0.29, 0.717) is 22.0 Å². The second kappa shape index (κ2) is 7.02. The lowest BCUT2D eigenvalue weighted by molar-refractivity contribution is 0.163. The van der Waals surface area contributed by atoms with Gasteiger partial charge < -0.3 is 16.0 Å². The average molecular weight is 414 g/mol. The van der Waals surface area contributed by atoms with E-state index in [2.05, 4.69) is 25.2 Å². The van der Waals surface area contributed by atoms with E-state index < -0.39 is 0 Å². The summed E-state index contributed by atoms with van der Waals surface area (Å²) in [6.07, 6.45) is 7.08. The van der Waals surface area contributed by atoms with Gasteiger partial charge in [-0.25, -0.2) is 19.9 Å². The third kappa shape index (κ3) is 3.25. The summed E-state index contributed by atoms with van der Waals surface area (Å²) < 4.78 is 0. The molecular weight excluding hydrogens is 394 g/mol. The van der Waals surface area contributed by atoms with Crippen molar-refractivity contribution in [1.82, 2.24) is 25.3 Å². The first-order valence-electron chi connectivity index (χ1n) is 9.34. The first-order valence-corrected chi connectivity index (χ1v) is 10.5. The molecule has 0 saturated carbocycles. The Morgan fingerprint density at radius 3 is 2.68 bits per heavy atom. The highest BCUT2D eigenvalue weighted by Gasteiger charge is 2.39. The molecule has 2 fully saturated rings. The van der Waals surface area contributed by atoms with Crippen LogP contribution in [0.4, 0.5) is 11.6 Å². The van der Waals surface area contributed by atoms with Gasteiger partial charge in [0.15, 0.2) is 5.65 Å². The number of fused-ring (bicyclic) bond motifs is 1. The topological polar surface area (TPSA) is 92.8 Å². The van der Waals surface area contributed by atoms with E-state index >= 15 is 0 Å². The number of rotatable bonds is 3. The molecule has 0 atom stereocenters. The van der Waals surface area contributed by atoms with Gasteiger partial charge in [-0.05, 0) is 44.0 Å². The summed E-state index contributed by atoms with van der Waals surface area (Å²) in [5, 5.41) is 4.83. The van der Waals surface area contributed by atoms with Crippen molar-refractivity contribution in [2.45, 2.75) is 34.7 Å². The molecule has 0 amide bonds. The Morgan fingerprint density at radius 1 is 1.11 bits per heavy atom. The van der Waals surface area contributed by atoms with E-state index in [1.165, 1.54) is 18.2 Å². The van der Waals surface area contributed by atoms with Crippen LogP contribution in [0, 0.1) is 0 Å². The van der Waals surface area contributed by atoms with E-state index in [-0.39, 0.29) is 0 Å². The van der Waals surface area contributed by atoms with Crippen molar-refractivity contribution < 1.29 is 0 Å². The summed E-state index contributed by atoms with van der Waals surface area (Å²) >= 11 is 7.66. The Labute approximate surface area is 172 Å². The molecule has 28 heavy (non-hydrogen) atoms. The Balaban J connectivity index is 1.35. The number of nitrogens with zero attached hydrogens (tertiary/aromatic N) is 5. The smallest absolute Gasteiger partial charge is 0.179 e. The van der Waals surface area contributed by atoms with Gasteiger partial charge in [0.1, 0.15) is 22.2 Å². The minimum atomic E-state index is 0.317. The maximum Gasteiger partial charge on any atom is 0.179 e. The largest absolute Gasteiger partial charge is 0.382 e. The predicted octanol–water partition coefficient (Wildman–Crippen LogP) is 3.14. The Kier molecular flexibility index (Phi) is 4.49. The van der Waals surface area contributed by atoms with Gasteiger partial charge >= 0.3 is 0 Å². The van der Waals surface area contributed by atoms with Crippen molar-refractivity contribution in [3.8, 4) is 0 Å².